The van der Waals surface area contributed by atoms with Crippen molar-refractivity contribution in [3.05, 3.63) is 12.2 Å². The number of amides is 1. The van der Waals surface area contributed by atoms with E-state index in [4.69, 9.17) is 16.3 Å². The van der Waals surface area contributed by atoms with Crippen molar-refractivity contribution in [2.45, 2.75) is 49.9 Å². The Morgan fingerprint density at radius 2 is 2.33 bits per heavy atom. The number of carbonyl (C=O) groups excluding carboxylic acids is 2. The van der Waals surface area contributed by atoms with Crippen molar-refractivity contribution in [2.24, 2.45) is 11.8 Å². The first-order valence-electron chi connectivity index (χ1n) is 7.43. The SMILES string of the molecule is C[C@@]12OC(=O)[C@]1([C@@H](O)[C@@H]1C=CCCC1)NC(=O)C2CCCl. The minimum atomic E-state index is -1.33. The maximum absolute atomic E-state index is 12.2. The van der Waals surface area contributed by atoms with Crippen LogP contribution in [0.1, 0.15) is 32.6 Å². The van der Waals surface area contributed by atoms with Gasteiger partial charge >= 0.3 is 5.97 Å². The molecule has 3 rings (SSSR count). The third-order valence-corrected chi connectivity index (χ3v) is 5.47. The van der Waals surface area contributed by atoms with Gasteiger partial charge in [-0.25, -0.2) is 4.79 Å². The second-order valence-corrected chi connectivity index (χ2v) is 6.67. The fraction of sp³-hybridized carbons (Fsp3) is 0.733. The predicted octanol–water partition coefficient (Wildman–Crippen LogP) is 1.13. The van der Waals surface area contributed by atoms with Gasteiger partial charge in [-0.15, -0.1) is 11.6 Å². The smallest absolute Gasteiger partial charge is 0.339 e. The quantitative estimate of drug-likeness (QED) is 0.463. The molecule has 1 aliphatic carbocycles. The van der Waals surface area contributed by atoms with Crippen LogP contribution in [0, 0.1) is 11.8 Å². The van der Waals surface area contributed by atoms with Crippen molar-refractivity contribution in [1.29, 1.82) is 0 Å². The fourth-order valence-corrected chi connectivity index (χ4v) is 4.21. The number of esters is 1. The molecule has 2 saturated heterocycles. The highest BCUT2D eigenvalue weighted by Crippen LogP contribution is 2.53. The maximum Gasteiger partial charge on any atom is 0.339 e. The number of alkyl halides is 1. The molecule has 116 valence electrons. The molecule has 0 radical (unpaired) electrons. The molecule has 0 aromatic rings. The Bertz CT molecular complexity index is 508. The molecule has 2 aliphatic heterocycles. The van der Waals surface area contributed by atoms with Crippen LogP contribution in [0.2, 0.25) is 0 Å². The molecule has 0 aromatic carbocycles. The summed E-state index contributed by atoms with van der Waals surface area (Å²) in [4.78, 5) is 24.4. The first-order chi connectivity index (χ1) is 9.97. The van der Waals surface area contributed by atoms with Gasteiger partial charge in [0.2, 0.25) is 11.4 Å². The first-order valence-corrected chi connectivity index (χ1v) is 7.97. The van der Waals surface area contributed by atoms with Crippen molar-refractivity contribution < 1.29 is 19.4 Å². The maximum atomic E-state index is 12.2. The monoisotopic (exact) mass is 313 g/mol. The van der Waals surface area contributed by atoms with Crippen molar-refractivity contribution >= 4 is 23.5 Å². The minimum absolute atomic E-state index is 0.138. The topological polar surface area (TPSA) is 75.6 Å². The molecule has 0 saturated carbocycles. The summed E-state index contributed by atoms with van der Waals surface area (Å²) >= 11 is 5.76. The molecule has 0 spiro atoms. The van der Waals surface area contributed by atoms with Crippen LogP contribution >= 0.6 is 11.6 Å². The zero-order valence-corrected chi connectivity index (χ0v) is 12.7. The second-order valence-electron chi connectivity index (χ2n) is 6.29. The molecule has 0 aromatic heterocycles. The number of allylic oxidation sites excluding steroid dienone is 1. The van der Waals surface area contributed by atoms with E-state index in [1.165, 1.54) is 0 Å². The largest absolute Gasteiger partial charge is 0.453 e. The number of aliphatic hydroxyl groups excluding tert-OH is 1. The van der Waals surface area contributed by atoms with Gasteiger partial charge in [-0.1, -0.05) is 12.2 Å². The minimum Gasteiger partial charge on any atom is -0.453 e. The van der Waals surface area contributed by atoms with Gasteiger partial charge in [0.05, 0.1) is 12.0 Å². The fourth-order valence-electron chi connectivity index (χ4n) is 3.99. The van der Waals surface area contributed by atoms with E-state index >= 15 is 0 Å². The second kappa shape index (κ2) is 4.99. The molecule has 6 heteroatoms. The normalized spacial score (nSPS) is 42.8. The number of hydrogen-bond donors (Lipinski definition) is 2. The lowest BCUT2D eigenvalue weighted by Gasteiger charge is -2.54. The number of carbonyl (C=O) groups is 2. The molecule has 2 heterocycles. The number of fused-ring (bicyclic) bond motifs is 1. The summed E-state index contributed by atoms with van der Waals surface area (Å²) in [6, 6.07) is 0. The lowest BCUT2D eigenvalue weighted by Crippen LogP contribution is -2.80. The lowest BCUT2D eigenvalue weighted by molar-refractivity contribution is -0.238. The Morgan fingerprint density at radius 1 is 1.57 bits per heavy atom. The van der Waals surface area contributed by atoms with Crippen molar-refractivity contribution in [1.82, 2.24) is 5.32 Å². The average Bonchev–Trinajstić information content (AvgIpc) is 2.65. The van der Waals surface area contributed by atoms with Crippen LogP contribution in [-0.4, -0.2) is 40.1 Å². The Hall–Kier alpha value is -1.07. The highest BCUT2D eigenvalue weighted by atomic mass is 35.5. The first kappa shape index (κ1) is 14.9. The van der Waals surface area contributed by atoms with Crippen LogP contribution in [0.3, 0.4) is 0 Å². The third kappa shape index (κ3) is 1.80. The number of hydrogen-bond acceptors (Lipinski definition) is 4. The van der Waals surface area contributed by atoms with Gasteiger partial charge in [0.25, 0.3) is 0 Å². The van der Waals surface area contributed by atoms with Crippen molar-refractivity contribution in [2.75, 3.05) is 5.88 Å². The zero-order chi connectivity index (χ0) is 15.3. The summed E-state index contributed by atoms with van der Waals surface area (Å²) < 4.78 is 5.34. The summed E-state index contributed by atoms with van der Waals surface area (Å²) in [6.07, 6.45) is 6.17. The van der Waals surface area contributed by atoms with Gasteiger partial charge in [-0.05, 0) is 32.6 Å². The van der Waals surface area contributed by atoms with Crippen LogP contribution in [0.4, 0.5) is 0 Å². The molecule has 21 heavy (non-hydrogen) atoms. The molecular weight excluding hydrogens is 294 g/mol. The number of ether oxygens (including phenoxy) is 1. The summed E-state index contributed by atoms with van der Waals surface area (Å²) in [5.74, 6) is -1.14. The van der Waals surface area contributed by atoms with Crippen LogP contribution in [0.5, 0.6) is 0 Å². The van der Waals surface area contributed by atoms with Crippen molar-refractivity contribution in [3.8, 4) is 0 Å². The van der Waals surface area contributed by atoms with E-state index in [0.29, 0.717) is 12.3 Å². The van der Waals surface area contributed by atoms with Gasteiger partial charge in [0.1, 0.15) is 0 Å². The molecule has 2 N–H and O–H groups in total. The van der Waals surface area contributed by atoms with Gasteiger partial charge in [-0.3, -0.25) is 4.79 Å². The van der Waals surface area contributed by atoms with Gasteiger partial charge in [0, 0.05) is 11.8 Å². The molecule has 1 unspecified atom stereocenters. The lowest BCUT2D eigenvalue weighted by atomic mass is 9.64. The van der Waals surface area contributed by atoms with Crippen LogP contribution < -0.4 is 5.32 Å². The number of rotatable bonds is 4. The van der Waals surface area contributed by atoms with Crippen molar-refractivity contribution in [3.63, 3.8) is 0 Å². The van der Waals surface area contributed by atoms with Crippen LogP contribution in [0.25, 0.3) is 0 Å². The van der Waals surface area contributed by atoms with Crippen LogP contribution in [0.15, 0.2) is 12.2 Å². The summed E-state index contributed by atoms with van der Waals surface area (Å²) in [5, 5.41) is 13.5. The van der Waals surface area contributed by atoms with Crippen LogP contribution in [-0.2, 0) is 14.3 Å². The van der Waals surface area contributed by atoms with Gasteiger partial charge in [0.15, 0.2) is 5.60 Å². The van der Waals surface area contributed by atoms with E-state index in [2.05, 4.69) is 5.32 Å². The molecule has 3 aliphatic rings. The van der Waals surface area contributed by atoms with E-state index in [1.54, 1.807) is 6.92 Å². The molecular formula is C15H20ClNO4. The molecule has 1 amide bonds. The Labute approximate surface area is 128 Å². The standard InChI is InChI=1S/C15H20ClNO4/c1-14-10(7-8-16)12(19)17-15(14,13(20)21-14)11(18)9-5-3-2-4-6-9/h3,5,9-11,18H,2,4,6-8H2,1H3,(H,17,19)/t9-,10?,11+,14+,15+/m1/s1. The summed E-state index contributed by atoms with van der Waals surface area (Å²) in [6.45, 7) is 1.72. The number of aliphatic hydroxyl groups is 1. The molecule has 2 fully saturated rings. The Balaban J connectivity index is 1.94. The van der Waals surface area contributed by atoms with E-state index in [1.807, 2.05) is 12.2 Å². The number of halogens is 1. The number of nitrogens with one attached hydrogen (secondary N) is 1. The molecule has 5 nitrogen and oxygen atoms in total. The Morgan fingerprint density at radius 3 is 2.90 bits per heavy atom. The highest BCUT2D eigenvalue weighted by molar-refractivity contribution is 6.18. The average molecular weight is 314 g/mol. The summed E-state index contributed by atoms with van der Waals surface area (Å²) in [5.41, 5.74) is -2.34. The van der Waals surface area contributed by atoms with E-state index in [0.717, 1.165) is 19.3 Å². The highest BCUT2D eigenvalue weighted by Gasteiger charge is 2.79. The Kier molecular flexibility index (Phi) is 3.53. The third-order valence-electron chi connectivity index (χ3n) is 5.25. The molecule has 5 atom stereocenters. The van der Waals surface area contributed by atoms with Gasteiger partial charge in [-0.2, -0.15) is 0 Å². The predicted molar refractivity (Wildman–Crippen MR) is 76.7 cm³/mol. The van der Waals surface area contributed by atoms with E-state index in [-0.39, 0.29) is 11.8 Å². The summed E-state index contributed by atoms with van der Waals surface area (Å²) in [7, 11) is 0. The molecule has 0 bridgehead atoms. The van der Waals surface area contributed by atoms with Gasteiger partial charge < -0.3 is 15.2 Å². The van der Waals surface area contributed by atoms with E-state index < -0.39 is 29.1 Å². The van der Waals surface area contributed by atoms with E-state index in [9.17, 15) is 14.7 Å². The zero-order valence-electron chi connectivity index (χ0n) is 12.0.